The molecule has 3 aromatic rings. The zero-order valence-corrected chi connectivity index (χ0v) is 11.8. The molecule has 0 unspecified atom stereocenters. The first-order valence-electron chi connectivity index (χ1n) is 7.41. The summed E-state index contributed by atoms with van der Waals surface area (Å²) in [7, 11) is 0. The lowest BCUT2D eigenvalue weighted by Gasteiger charge is -2.12. The zero-order chi connectivity index (χ0) is 14.2. The number of aryl methyl sites for hydroxylation is 4. The van der Waals surface area contributed by atoms with Gasteiger partial charge in [-0.25, -0.2) is 0 Å². The molecular formula is C19H16O2. The van der Waals surface area contributed by atoms with E-state index < -0.39 is 0 Å². The van der Waals surface area contributed by atoms with Crippen molar-refractivity contribution < 1.29 is 4.42 Å². The summed E-state index contributed by atoms with van der Waals surface area (Å²) in [5, 5.41) is 0.769. The van der Waals surface area contributed by atoms with Crippen molar-refractivity contribution in [2.75, 3.05) is 0 Å². The first-order valence-corrected chi connectivity index (χ1v) is 7.41. The summed E-state index contributed by atoms with van der Waals surface area (Å²) >= 11 is 0. The van der Waals surface area contributed by atoms with Gasteiger partial charge in [0.2, 0.25) is 0 Å². The Labute approximate surface area is 123 Å². The number of benzene rings is 2. The Morgan fingerprint density at radius 2 is 1.33 bits per heavy atom. The Morgan fingerprint density at radius 3 is 2.05 bits per heavy atom. The van der Waals surface area contributed by atoms with Gasteiger partial charge in [-0.3, -0.25) is 4.79 Å². The third-order valence-corrected chi connectivity index (χ3v) is 4.37. The molecule has 0 saturated heterocycles. The Hall–Kier alpha value is -2.35. The smallest absolute Gasteiger partial charge is 0.192 e. The van der Waals surface area contributed by atoms with Crippen molar-refractivity contribution in [3.05, 3.63) is 81.2 Å². The highest BCUT2D eigenvalue weighted by molar-refractivity contribution is 5.83. The van der Waals surface area contributed by atoms with Crippen LogP contribution in [0, 0.1) is 0 Å². The van der Waals surface area contributed by atoms with Crippen LogP contribution in [0.15, 0.2) is 57.9 Å². The molecule has 1 aromatic heterocycles. The van der Waals surface area contributed by atoms with Crippen LogP contribution in [0.1, 0.15) is 22.3 Å². The highest BCUT2D eigenvalue weighted by Gasteiger charge is 2.12. The number of hydrogen-bond acceptors (Lipinski definition) is 2. The molecule has 0 atom stereocenters. The van der Waals surface area contributed by atoms with E-state index in [2.05, 4.69) is 36.4 Å². The van der Waals surface area contributed by atoms with E-state index in [9.17, 15) is 4.79 Å². The van der Waals surface area contributed by atoms with Crippen LogP contribution in [0.4, 0.5) is 0 Å². The van der Waals surface area contributed by atoms with E-state index >= 15 is 0 Å². The molecule has 0 saturated carbocycles. The van der Waals surface area contributed by atoms with Crippen molar-refractivity contribution in [2.45, 2.75) is 25.7 Å². The van der Waals surface area contributed by atoms with Crippen LogP contribution in [0.5, 0.6) is 0 Å². The van der Waals surface area contributed by atoms with Crippen molar-refractivity contribution in [1.29, 1.82) is 0 Å². The minimum atomic E-state index is 0.0686. The third kappa shape index (κ3) is 2.17. The van der Waals surface area contributed by atoms with Crippen molar-refractivity contribution >= 4 is 11.0 Å². The molecular weight excluding hydrogens is 260 g/mol. The molecule has 1 heterocycles. The van der Waals surface area contributed by atoms with Crippen LogP contribution in [0.2, 0.25) is 0 Å². The average molecular weight is 276 g/mol. The minimum absolute atomic E-state index is 0.0686. The van der Waals surface area contributed by atoms with Crippen LogP contribution >= 0.6 is 0 Å². The van der Waals surface area contributed by atoms with Crippen LogP contribution in [0.25, 0.3) is 11.0 Å². The van der Waals surface area contributed by atoms with Crippen LogP contribution in [-0.4, -0.2) is 0 Å². The topological polar surface area (TPSA) is 30.2 Å². The van der Waals surface area contributed by atoms with Crippen LogP contribution in [-0.2, 0) is 25.7 Å². The predicted molar refractivity (Wildman–Crippen MR) is 83.7 cm³/mol. The largest absolute Gasteiger partial charge is 0.464 e. The maximum atomic E-state index is 12.3. The number of hydrogen-bond donors (Lipinski definition) is 0. The molecule has 0 amide bonds. The Kier molecular flexibility index (Phi) is 2.88. The number of rotatable bonds is 0. The van der Waals surface area contributed by atoms with Gasteiger partial charge in [-0.15, -0.1) is 0 Å². The Bertz CT molecular complexity index is 857. The average Bonchev–Trinajstić information content (AvgIpc) is 2.50. The van der Waals surface area contributed by atoms with Gasteiger partial charge in [-0.2, -0.15) is 0 Å². The molecule has 4 aliphatic carbocycles. The zero-order valence-electron chi connectivity index (χ0n) is 11.8. The van der Waals surface area contributed by atoms with Gasteiger partial charge in [0.25, 0.3) is 0 Å². The summed E-state index contributed by atoms with van der Waals surface area (Å²) in [6, 6.07) is 14.6. The fraction of sp³-hybridized carbons (Fsp3) is 0.211. The highest BCUT2D eigenvalue weighted by Crippen LogP contribution is 2.24. The third-order valence-electron chi connectivity index (χ3n) is 4.37. The van der Waals surface area contributed by atoms with Gasteiger partial charge in [0.15, 0.2) is 5.43 Å². The summed E-state index contributed by atoms with van der Waals surface area (Å²) in [5.74, 6) is 0. The highest BCUT2D eigenvalue weighted by atomic mass is 16.3. The molecule has 7 rings (SSSR count). The summed E-state index contributed by atoms with van der Waals surface area (Å²) in [6.45, 7) is 0. The Morgan fingerprint density at radius 1 is 0.714 bits per heavy atom. The molecule has 2 aromatic carbocycles. The standard InChI is InChI=1S/C19H16O2/c20-17-11-12-21-19-16-8-6-14-3-1-13(2-4-14)5-7-15(9-10-16)18(17)19/h1-4,9-12H,5-8H2. The van der Waals surface area contributed by atoms with Crippen LogP contribution < -0.4 is 5.43 Å². The minimum Gasteiger partial charge on any atom is -0.464 e. The van der Waals surface area contributed by atoms with E-state index in [1.165, 1.54) is 23.5 Å². The van der Waals surface area contributed by atoms with Gasteiger partial charge < -0.3 is 4.42 Å². The monoisotopic (exact) mass is 276 g/mol. The molecule has 0 aliphatic heterocycles. The van der Waals surface area contributed by atoms with Crippen molar-refractivity contribution in [1.82, 2.24) is 0 Å². The van der Waals surface area contributed by atoms with Gasteiger partial charge in [0, 0.05) is 6.07 Å². The summed E-state index contributed by atoms with van der Waals surface area (Å²) < 4.78 is 5.69. The molecule has 104 valence electrons. The summed E-state index contributed by atoms with van der Waals surface area (Å²) in [6.07, 6.45) is 5.18. The maximum Gasteiger partial charge on any atom is 0.192 e. The lowest BCUT2D eigenvalue weighted by atomic mass is 9.94. The van der Waals surface area contributed by atoms with Crippen LogP contribution in [0.3, 0.4) is 0 Å². The second kappa shape index (κ2) is 4.88. The molecule has 4 bridgehead atoms. The molecule has 2 nitrogen and oxygen atoms in total. The van der Waals surface area contributed by atoms with Gasteiger partial charge >= 0.3 is 0 Å². The molecule has 0 N–H and O–H groups in total. The molecule has 0 spiro atoms. The fourth-order valence-electron chi connectivity index (χ4n) is 3.15. The van der Waals surface area contributed by atoms with E-state index in [-0.39, 0.29) is 5.43 Å². The normalized spacial score (nSPS) is 14.1. The van der Waals surface area contributed by atoms with E-state index in [0.29, 0.717) is 0 Å². The van der Waals surface area contributed by atoms with Crippen molar-refractivity contribution in [3.63, 3.8) is 0 Å². The lowest BCUT2D eigenvalue weighted by molar-refractivity contribution is 0.596. The van der Waals surface area contributed by atoms with E-state index in [1.54, 1.807) is 0 Å². The molecule has 21 heavy (non-hydrogen) atoms. The molecule has 4 aliphatic rings. The van der Waals surface area contributed by atoms with E-state index in [4.69, 9.17) is 4.42 Å². The van der Waals surface area contributed by atoms with Crippen molar-refractivity contribution in [3.8, 4) is 0 Å². The first kappa shape index (κ1) is 12.4. The van der Waals surface area contributed by atoms with Gasteiger partial charge in [-0.1, -0.05) is 36.4 Å². The molecule has 0 radical (unpaired) electrons. The van der Waals surface area contributed by atoms with Gasteiger partial charge in [-0.05, 0) is 47.9 Å². The van der Waals surface area contributed by atoms with E-state index in [0.717, 1.165) is 47.8 Å². The summed E-state index contributed by atoms with van der Waals surface area (Å²) in [4.78, 5) is 12.3. The SMILES string of the molecule is O=c1ccoc2c3ccc(c12)CCc1ccc(cc1)CC3. The second-order valence-corrected chi connectivity index (χ2v) is 5.69. The Balaban J connectivity index is 1.95. The quantitative estimate of drug-likeness (QED) is 0.627. The predicted octanol–water partition coefficient (Wildman–Crippen LogP) is 3.68. The van der Waals surface area contributed by atoms with Gasteiger partial charge in [0.05, 0.1) is 11.6 Å². The fourth-order valence-corrected chi connectivity index (χ4v) is 3.15. The lowest BCUT2D eigenvalue weighted by Crippen LogP contribution is -2.06. The van der Waals surface area contributed by atoms with Gasteiger partial charge in [0.1, 0.15) is 5.58 Å². The second-order valence-electron chi connectivity index (χ2n) is 5.69. The maximum absolute atomic E-state index is 12.3. The van der Waals surface area contributed by atoms with Crippen molar-refractivity contribution in [2.24, 2.45) is 0 Å². The van der Waals surface area contributed by atoms with E-state index in [1.807, 2.05) is 0 Å². The molecule has 0 fully saturated rings. The molecule has 2 heteroatoms. The first-order chi connectivity index (χ1) is 10.3. The summed E-state index contributed by atoms with van der Waals surface area (Å²) in [5.41, 5.74) is 5.70.